The lowest BCUT2D eigenvalue weighted by Gasteiger charge is -2.09. The molecule has 2 nitrogen and oxygen atoms in total. The summed E-state index contributed by atoms with van der Waals surface area (Å²) < 4.78 is 5.37. The van der Waals surface area contributed by atoms with Crippen LogP contribution in [0.4, 0.5) is 0 Å². The number of ether oxygens (including phenoxy) is 1. The van der Waals surface area contributed by atoms with Crippen LogP contribution >= 0.6 is 11.6 Å². The van der Waals surface area contributed by atoms with Crippen LogP contribution in [0, 0.1) is 13.8 Å². The van der Waals surface area contributed by atoms with Crippen molar-refractivity contribution in [3.8, 4) is 5.75 Å². The Bertz CT molecular complexity index is 574. The molecule has 0 aliphatic heterocycles. The Balaban J connectivity index is 2.21. The second-order valence-corrected chi connectivity index (χ2v) is 4.53. The summed E-state index contributed by atoms with van der Waals surface area (Å²) in [4.78, 5) is 11.9. The Kier molecular flexibility index (Phi) is 3.68. The average Bonchev–Trinajstić information content (AvgIpc) is 2.36. The molecule has 0 aliphatic rings. The first-order valence-electron chi connectivity index (χ1n) is 5.62. The zero-order valence-electron chi connectivity index (χ0n) is 10.2. The lowest BCUT2D eigenvalue weighted by Crippen LogP contribution is -2.09. The quantitative estimate of drug-likeness (QED) is 0.598. The van der Waals surface area contributed by atoms with E-state index in [2.05, 4.69) is 0 Å². The van der Waals surface area contributed by atoms with Crippen LogP contribution in [0.25, 0.3) is 0 Å². The third-order valence-corrected chi connectivity index (χ3v) is 3.09. The molecule has 2 aromatic carbocycles. The summed E-state index contributed by atoms with van der Waals surface area (Å²) >= 11 is 5.77. The fourth-order valence-corrected chi connectivity index (χ4v) is 1.71. The molecular formula is C15H13ClO2. The van der Waals surface area contributed by atoms with Crippen molar-refractivity contribution in [3.05, 3.63) is 64.2 Å². The van der Waals surface area contributed by atoms with Crippen molar-refractivity contribution < 1.29 is 9.53 Å². The maximum absolute atomic E-state index is 11.9. The Morgan fingerprint density at radius 1 is 1.06 bits per heavy atom. The van der Waals surface area contributed by atoms with Gasteiger partial charge in [0, 0.05) is 5.02 Å². The number of carbonyl (C=O) groups excluding carboxylic acids is 1. The molecule has 0 spiro atoms. The molecule has 0 radical (unpaired) electrons. The zero-order chi connectivity index (χ0) is 13.1. The van der Waals surface area contributed by atoms with E-state index in [0.717, 1.165) is 11.1 Å². The van der Waals surface area contributed by atoms with Gasteiger partial charge in [0.05, 0.1) is 5.56 Å². The van der Waals surface area contributed by atoms with E-state index in [-0.39, 0.29) is 5.97 Å². The first-order valence-corrected chi connectivity index (χ1v) is 5.99. The normalized spacial score (nSPS) is 10.2. The molecule has 2 rings (SSSR count). The van der Waals surface area contributed by atoms with Crippen molar-refractivity contribution in [1.82, 2.24) is 0 Å². The highest BCUT2D eigenvalue weighted by Crippen LogP contribution is 2.22. The molecule has 0 fully saturated rings. The van der Waals surface area contributed by atoms with Crippen LogP contribution in [-0.2, 0) is 0 Å². The van der Waals surface area contributed by atoms with Crippen molar-refractivity contribution in [2.45, 2.75) is 13.8 Å². The third-order valence-electron chi connectivity index (χ3n) is 2.84. The van der Waals surface area contributed by atoms with Crippen molar-refractivity contribution in [2.24, 2.45) is 0 Å². The van der Waals surface area contributed by atoms with Gasteiger partial charge in [0.2, 0.25) is 0 Å². The second-order valence-electron chi connectivity index (χ2n) is 4.09. The molecular weight excluding hydrogens is 248 g/mol. The first-order chi connectivity index (χ1) is 8.58. The van der Waals surface area contributed by atoms with Crippen LogP contribution in [0.1, 0.15) is 21.5 Å². The number of hydrogen-bond acceptors (Lipinski definition) is 2. The van der Waals surface area contributed by atoms with Crippen LogP contribution < -0.4 is 4.74 Å². The Hall–Kier alpha value is -1.80. The predicted molar refractivity (Wildman–Crippen MR) is 72.3 cm³/mol. The molecule has 92 valence electrons. The highest BCUT2D eigenvalue weighted by atomic mass is 35.5. The molecule has 3 heteroatoms. The largest absolute Gasteiger partial charge is 0.423 e. The SMILES string of the molecule is Cc1cccc(OC(=O)c2ccc(Cl)cc2)c1C. The molecule has 0 aromatic heterocycles. The fraction of sp³-hybridized carbons (Fsp3) is 0.133. The minimum atomic E-state index is -0.375. The molecule has 0 saturated heterocycles. The number of carbonyl (C=O) groups is 1. The highest BCUT2D eigenvalue weighted by Gasteiger charge is 2.10. The smallest absolute Gasteiger partial charge is 0.343 e. The maximum atomic E-state index is 11.9. The minimum Gasteiger partial charge on any atom is -0.423 e. The van der Waals surface area contributed by atoms with Crippen LogP contribution in [0.3, 0.4) is 0 Å². The average molecular weight is 261 g/mol. The van der Waals surface area contributed by atoms with Gasteiger partial charge in [-0.2, -0.15) is 0 Å². The molecule has 2 aromatic rings. The van der Waals surface area contributed by atoms with Crippen LogP contribution in [0.5, 0.6) is 5.75 Å². The van der Waals surface area contributed by atoms with E-state index in [1.54, 1.807) is 30.3 Å². The zero-order valence-corrected chi connectivity index (χ0v) is 11.0. The number of halogens is 1. The van der Waals surface area contributed by atoms with Gasteiger partial charge in [-0.25, -0.2) is 4.79 Å². The van der Waals surface area contributed by atoms with E-state index in [0.29, 0.717) is 16.3 Å². The van der Waals surface area contributed by atoms with Gasteiger partial charge in [-0.05, 0) is 55.3 Å². The molecule has 0 N–H and O–H groups in total. The Morgan fingerprint density at radius 2 is 1.72 bits per heavy atom. The fourth-order valence-electron chi connectivity index (χ4n) is 1.58. The number of hydrogen-bond donors (Lipinski definition) is 0. The lowest BCUT2D eigenvalue weighted by molar-refractivity contribution is 0.0733. The van der Waals surface area contributed by atoms with Crippen LogP contribution in [-0.4, -0.2) is 5.97 Å². The van der Waals surface area contributed by atoms with E-state index >= 15 is 0 Å². The molecule has 0 unspecified atom stereocenters. The standard InChI is InChI=1S/C15H13ClO2/c1-10-4-3-5-14(11(10)2)18-15(17)12-6-8-13(16)9-7-12/h3-9H,1-2H3. The molecule has 0 bridgehead atoms. The van der Waals surface area contributed by atoms with Gasteiger partial charge >= 0.3 is 5.97 Å². The minimum absolute atomic E-state index is 0.375. The van der Waals surface area contributed by atoms with Gasteiger partial charge in [-0.15, -0.1) is 0 Å². The highest BCUT2D eigenvalue weighted by molar-refractivity contribution is 6.30. The van der Waals surface area contributed by atoms with E-state index in [9.17, 15) is 4.79 Å². The summed E-state index contributed by atoms with van der Waals surface area (Å²) in [6.07, 6.45) is 0. The number of aryl methyl sites for hydroxylation is 1. The maximum Gasteiger partial charge on any atom is 0.343 e. The lowest BCUT2D eigenvalue weighted by atomic mass is 10.1. The molecule has 0 atom stereocenters. The monoisotopic (exact) mass is 260 g/mol. The Morgan fingerprint density at radius 3 is 2.39 bits per heavy atom. The van der Waals surface area contributed by atoms with E-state index in [1.165, 1.54) is 0 Å². The molecule has 0 saturated carbocycles. The summed E-state index contributed by atoms with van der Waals surface area (Å²) in [5.41, 5.74) is 2.55. The van der Waals surface area contributed by atoms with Crippen molar-refractivity contribution >= 4 is 17.6 Å². The van der Waals surface area contributed by atoms with E-state index < -0.39 is 0 Å². The summed E-state index contributed by atoms with van der Waals surface area (Å²) in [6.45, 7) is 3.91. The first kappa shape index (κ1) is 12.7. The van der Waals surface area contributed by atoms with Gasteiger partial charge < -0.3 is 4.74 Å². The van der Waals surface area contributed by atoms with Gasteiger partial charge in [0.15, 0.2) is 0 Å². The van der Waals surface area contributed by atoms with Crippen LogP contribution in [0.2, 0.25) is 5.02 Å². The molecule has 0 amide bonds. The number of esters is 1. The van der Waals surface area contributed by atoms with Gasteiger partial charge in [0.1, 0.15) is 5.75 Å². The van der Waals surface area contributed by atoms with E-state index in [4.69, 9.17) is 16.3 Å². The summed E-state index contributed by atoms with van der Waals surface area (Å²) in [5.74, 6) is 0.218. The summed E-state index contributed by atoms with van der Waals surface area (Å²) in [5, 5.41) is 0.596. The van der Waals surface area contributed by atoms with Crippen LogP contribution in [0.15, 0.2) is 42.5 Å². The topological polar surface area (TPSA) is 26.3 Å². The van der Waals surface area contributed by atoms with E-state index in [1.807, 2.05) is 26.0 Å². The van der Waals surface area contributed by atoms with Gasteiger partial charge in [-0.3, -0.25) is 0 Å². The third kappa shape index (κ3) is 2.71. The van der Waals surface area contributed by atoms with Crippen molar-refractivity contribution in [1.29, 1.82) is 0 Å². The number of benzene rings is 2. The van der Waals surface area contributed by atoms with Crippen molar-refractivity contribution in [2.75, 3.05) is 0 Å². The van der Waals surface area contributed by atoms with Crippen molar-refractivity contribution in [3.63, 3.8) is 0 Å². The summed E-state index contributed by atoms with van der Waals surface area (Å²) in [7, 11) is 0. The number of rotatable bonds is 2. The van der Waals surface area contributed by atoms with Gasteiger partial charge in [0.25, 0.3) is 0 Å². The van der Waals surface area contributed by atoms with Gasteiger partial charge in [-0.1, -0.05) is 23.7 Å². The molecule has 0 aliphatic carbocycles. The predicted octanol–water partition coefficient (Wildman–Crippen LogP) is 4.18. The summed E-state index contributed by atoms with van der Waals surface area (Å²) in [6, 6.07) is 12.3. The molecule has 0 heterocycles. The second kappa shape index (κ2) is 5.23. The molecule has 18 heavy (non-hydrogen) atoms. The Labute approximate surface area is 111 Å².